The second-order valence-corrected chi connectivity index (χ2v) is 8.92. The van der Waals surface area contributed by atoms with E-state index in [1.807, 2.05) is 26.0 Å². The number of aromatic nitrogens is 1. The SMILES string of the molecule is CCOC(=O)C1(CO[C@@H]2CCC[C@H](OCc3nc(-c4cccc(C)c4)oc3C)C2)CC1. The molecular weight excluding hydrogens is 394 g/mol. The van der Waals surface area contributed by atoms with E-state index in [0.717, 1.165) is 55.5 Å². The average Bonchev–Trinajstić information content (AvgIpc) is 3.47. The van der Waals surface area contributed by atoms with Crippen LogP contribution in [0.4, 0.5) is 0 Å². The van der Waals surface area contributed by atoms with Crippen LogP contribution >= 0.6 is 0 Å². The van der Waals surface area contributed by atoms with Gasteiger partial charge in [-0.1, -0.05) is 17.7 Å². The monoisotopic (exact) mass is 427 g/mol. The van der Waals surface area contributed by atoms with Gasteiger partial charge in [0, 0.05) is 5.56 Å². The van der Waals surface area contributed by atoms with Crippen molar-refractivity contribution in [2.75, 3.05) is 13.2 Å². The third-order valence-corrected chi connectivity index (χ3v) is 6.35. The maximum Gasteiger partial charge on any atom is 0.314 e. The van der Waals surface area contributed by atoms with Crippen LogP contribution in [0.15, 0.2) is 28.7 Å². The van der Waals surface area contributed by atoms with Gasteiger partial charge in [0.05, 0.1) is 37.4 Å². The van der Waals surface area contributed by atoms with Crippen LogP contribution in [-0.2, 0) is 25.6 Å². The highest BCUT2D eigenvalue weighted by Gasteiger charge is 2.52. The quantitative estimate of drug-likeness (QED) is 0.516. The Labute approximate surface area is 184 Å². The summed E-state index contributed by atoms with van der Waals surface area (Å²) >= 11 is 0. The highest BCUT2D eigenvalue weighted by molar-refractivity contribution is 5.80. The Morgan fingerprint density at radius 2 is 1.97 bits per heavy atom. The fourth-order valence-electron chi connectivity index (χ4n) is 4.18. The lowest BCUT2D eigenvalue weighted by molar-refractivity contribution is -0.154. The highest BCUT2D eigenvalue weighted by atomic mass is 16.5. The van der Waals surface area contributed by atoms with Crippen LogP contribution < -0.4 is 0 Å². The topological polar surface area (TPSA) is 70.8 Å². The first kappa shape index (κ1) is 22.0. The smallest absolute Gasteiger partial charge is 0.314 e. The van der Waals surface area contributed by atoms with E-state index in [0.29, 0.717) is 25.7 Å². The summed E-state index contributed by atoms with van der Waals surface area (Å²) in [4.78, 5) is 16.8. The minimum atomic E-state index is -0.395. The molecule has 0 spiro atoms. The summed E-state index contributed by atoms with van der Waals surface area (Å²) in [7, 11) is 0. The summed E-state index contributed by atoms with van der Waals surface area (Å²) in [5, 5.41) is 0. The molecule has 6 nitrogen and oxygen atoms in total. The maximum absolute atomic E-state index is 12.1. The van der Waals surface area contributed by atoms with Crippen molar-refractivity contribution < 1.29 is 23.4 Å². The Morgan fingerprint density at radius 1 is 1.19 bits per heavy atom. The molecule has 2 aliphatic carbocycles. The number of hydrogen-bond donors (Lipinski definition) is 0. The summed E-state index contributed by atoms with van der Waals surface area (Å²) in [6.07, 6.45) is 5.95. The van der Waals surface area contributed by atoms with Gasteiger partial charge in [-0.2, -0.15) is 0 Å². The van der Waals surface area contributed by atoms with E-state index in [-0.39, 0.29) is 18.2 Å². The van der Waals surface area contributed by atoms with Crippen LogP contribution in [-0.4, -0.2) is 36.4 Å². The molecule has 4 rings (SSSR count). The highest BCUT2D eigenvalue weighted by Crippen LogP contribution is 2.47. The maximum atomic E-state index is 12.1. The third-order valence-electron chi connectivity index (χ3n) is 6.35. The van der Waals surface area contributed by atoms with Gasteiger partial charge in [-0.05, 0) is 71.4 Å². The van der Waals surface area contributed by atoms with Gasteiger partial charge in [0.2, 0.25) is 5.89 Å². The normalized spacial score (nSPS) is 22.3. The molecule has 0 aliphatic heterocycles. The van der Waals surface area contributed by atoms with Gasteiger partial charge in [-0.25, -0.2) is 4.98 Å². The first-order valence-corrected chi connectivity index (χ1v) is 11.4. The minimum Gasteiger partial charge on any atom is -0.465 e. The van der Waals surface area contributed by atoms with Crippen molar-refractivity contribution in [3.8, 4) is 11.5 Å². The van der Waals surface area contributed by atoms with Crippen LogP contribution in [0.3, 0.4) is 0 Å². The van der Waals surface area contributed by atoms with Gasteiger partial charge >= 0.3 is 5.97 Å². The predicted octanol–water partition coefficient (Wildman–Crippen LogP) is 5.15. The molecule has 1 heterocycles. The number of carbonyl (C=O) groups is 1. The summed E-state index contributed by atoms with van der Waals surface area (Å²) < 4.78 is 23.4. The lowest BCUT2D eigenvalue weighted by atomic mass is 9.94. The fraction of sp³-hybridized carbons (Fsp3) is 0.600. The second kappa shape index (κ2) is 9.53. The molecule has 2 fully saturated rings. The number of oxazole rings is 1. The van der Waals surface area contributed by atoms with Gasteiger partial charge in [0.1, 0.15) is 11.5 Å². The number of aryl methyl sites for hydroxylation is 2. The van der Waals surface area contributed by atoms with Gasteiger partial charge < -0.3 is 18.6 Å². The Hall–Kier alpha value is -2.18. The summed E-state index contributed by atoms with van der Waals surface area (Å²) in [5.41, 5.74) is 2.61. The average molecular weight is 428 g/mol. The molecule has 0 bridgehead atoms. The Morgan fingerprint density at radius 3 is 2.68 bits per heavy atom. The first-order chi connectivity index (χ1) is 15.0. The van der Waals surface area contributed by atoms with E-state index in [2.05, 4.69) is 24.0 Å². The van der Waals surface area contributed by atoms with Crippen molar-refractivity contribution in [3.63, 3.8) is 0 Å². The molecule has 0 N–H and O–H groups in total. The standard InChI is InChI=1S/C25H33NO5/c1-4-28-24(27)25(11-12-25)16-30-21-10-6-9-20(14-21)29-15-22-18(3)31-23(26-22)19-8-5-7-17(2)13-19/h5,7-8,13,20-21H,4,6,9-12,14-16H2,1-3H3/t20-,21+/m0/s1. The number of ether oxygens (including phenoxy) is 3. The number of carbonyl (C=O) groups excluding carboxylic acids is 1. The first-order valence-electron chi connectivity index (χ1n) is 11.4. The number of benzene rings is 1. The molecule has 2 atom stereocenters. The number of esters is 1. The molecule has 2 aliphatic rings. The molecule has 2 saturated carbocycles. The minimum absolute atomic E-state index is 0.107. The molecule has 1 aromatic heterocycles. The zero-order valence-corrected chi connectivity index (χ0v) is 18.8. The summed E-state index contributed by atoms with van der Waals surface area (Å²) in [6.45, 7) is 7.16. The van der Waals surface area contributed by atoms with Crippen LogP contribution in [0.1, 0.15) is 62.5 Å². The number of nitrogens with zero attached hydrogens (tertiary/aromatic N) is 1. The summed E-state index contributed by atoms with van der Waals surface area (Å²) in [5.74, 6) is 1.33. The largest absolute Gasteiger partial charge is 0.465 e. The van der Waals surface area contributed by atoms with Gasteiger partial charge in [-0.3, -0.25) is 4.79 Å². The predicted molar refractivity (Wildman–Crippen MR) is 116 cm³/mol. The molecule has 0 unspecified atom stereocenters. The van der Waals surface area contributed by atoms with E-state index in [1.165, 1.54) is 5.56 Å². The molecule has 168 valence electrons. The van der Waals surface area contributed by atoms with Crippen molar-refractivity contribution in [3.05, 3.63) is 41.3 Å². The van der Waals surface area contributed by atoms with E-state index in [9.17, 15) is 4.79 Å². The van der Waals surface area contributed by atoms with Crippen LogP contribution in [0.2, 0.25) is 0 Å². The van der Waals surface area contributed by atoms with E-state index < -0.39 is 5.41 Å². The number of hydrogen-bond acceptors (Lipinski definition) is 6. The van der Waals surface area contributed by atoms with Gasteiger partial charge in [-0.15, -0.1) is 0 Å². The van der Waals surface area contributed by atoms with E-state index in [1.54, 1.807) is 0 Å². The lowest BCUT2D eigenvalue weighted by Crippen LogP contribution is -2.32. The fourth-order valence-corrected chi connectivity index (χ4v) is 4.18. The molecule has 1 aromatic carbocycles. The Balaban J connectivity index is 1.28. The lowest BCUT2D eigenvalue weighted by Gasteiger charge is -2.30. The zero-order chi connectivity index (χ0) is 21.8. The van der Waals surface area contributed by atoms with Crippen molar-refractivity contribution in [2.45, 2.75) is 78.1 Å². The second-order valence-electron chi connectivity index (χ2n) is 8.92. The van der Waals surface area contributed by atoms with Crippen molar-refractivity contribution >= 4 is 5.97 Å². The molecule has 31 heavy (non-hydrogen) atoms. The molecular formula is C25H33NO5. The van der Waals surface area contributed by atoms with E-state index >= 15 is 0 Å². The molecule has 0 amide bonds. The molecule has 0 saturated heterocycles. The van der Waals surface area contributed by atoms with Gasteiger partial charge in [0.25, 0.3) is 0 Å². The van der Waals surface area contributed by atoms with Crippen LogP contribution in [0.5, 0.6) is 0 Å². The van der Waals surface area contributed by atoms with Crippen molar-refractivity contribution in [1.29, 1.82) is 0 Å². The van der Waals surface area contributed by atoms with Gasteiger partial charge in [0.15, 0.2) is 0 Å². The Bertz CT molecular complexity index is 901. The third kappa shape index (κ3) is 5.36. The van der Waals surface area contributed by atoms with Crippen LogP contribution in [0, 0.1) is 19.3 Å². The molecule has 6 heteroatoms. The van der Waals surface area contributed by atoms with Crippen molar-refractivity contribution in [2.24, 2.45) is 5.41 Å². The number of rotatable bonds is 9. The molecule has 0 radical (unpaired) electrons. The Kier molecular flexibility index (Phi) is 6.77. The van der Waals surface area contributed by atoms with E-state index in [4.69, 9.17) is 18.6 Å². The van der Waals surface area contributed by atoms with Crippen molar-refractivity contribution in [1.82, 2.24) is 4.98 Å². The summed E-state index contributed by atoms with van der Waals surface area (Å²) in [6, 6.07) is 8.15. The van der Waals surface area contributed by atoms with Crippen LogP contribution in [0.25, 0.3) is 11.5 Å². The molecule has 2 aromatic rings. The zero-order valence-electron chi connectivity index (χ0n) is 18.8.